The SMILES string of the molecule is Cc1ccoc1C(N)c1c(C)cc(C)c(Br)c1C. The number of hydrogen-bond donors (Lipinski definition) is 1. The number of benzene rings is 1. The quantitative estimate of drug-likeness (QED) is 0.897. The molecule has 0 amide bonds. The molecule has 0 saturated carbocycles. The van der Waals surface area contributed by atoms with Gasteiger partial charge in [-0.25, -0.2) is 0 Å². The fraction of sp³-hybridized carbons (Fsp3) is 0.333. The molecular weight excluding hydrogens is 290 g/mol. The maximum atomic E-state index is 6.37. The van der Waals surface area contributed by atoms with E-state index in [9.17, 15) is 0 Å². The van der Waals surface area contributed by atoms with Crippen LogP contribution in [0.15, 0.2) is 27.3 Å². The van der Waals surface area contributed by atoms with Crippen LogP contribution in [0, 0.1) is 27.7 Å². The van der Waals surface area contributed by atoms with E-state index in [1.54, 1.807) is 6.26 Å². The summed E-state index contributed by atoms with van der Waals surface area (Å²) in [6, 6.07) is 3.89. The molecule has 1 heterocycles. The molecule has 18 heavy (non-hydrogen) atoms. The highest BCUT2D eigenvalue weighted by Crippen LogP contribution is 2.33. The topological polar surface area (TPSA) is 39.2 Å². The maximum Gasteiger partial charge on any atom is 0.127 e. The van der Waals surface area contributed by atoms with Crippen molar-refractivity contribution in [3.8, 4) is 0 Å². The van der Waals surface area contributed by atoms with Crippen LogP contribution >= 0.6 is 15.9 Å². The maximum absolute atomic E-state index is 6.37. The third kappa shape index (κ3) is 2.13. The van der Waals surface area contributed by atoms with Crippen molar-refractivity contribution < 1.29 is 4.42 Å². The zero-order chi connectivity index (χ0) is 13.4. The Balaban J connectivity index is 2.59. The van der Waals surface area contributed by atoms with Gasteiger partial charge in [-0.15, -0.1) is 0 Å². The Labute approximate surface area is 116 Å². The molecule has 0 aliphatic rings. The summed E-state index contributed by atoms with van der Waals surface area (Å²) in [6.07, 6.45) is 1.69. The van der Waals surface area contributed by atoms with Gasteiger partial charge in [-0.1, -0.05) is 22.0 Å². The molecule has 1 aromatic carbocycles. The molecule has 0 aliphatic carbocycles. The van der Waals surface area contributed by atoms with E-state index in [1.807, 2.05) is 13.0 Å². The van der Waals surface area contributed by atoms with Crippen molar-refractivity contribution in [2.45, 2.75) is 33.7 Å². The van der Waals surface area contributed by atoms with Crippen molar-refractivity contribution in [1.82, 2.24) is 0 Å². The lowest BCUT2D eigenvalue weighted by molar-refractivity contribution is 0.485. The lowest BCUT2D eigenvalue weighted by Gasteiger charge is -2.19. The molecule has 0 saturated heterocycles. The number of hydrogen-bond acceptors (Lipinski definition) is 2. The zero-order valence-electron chi connectivity index (χ0n) is 11.2. The van der Waals surface area contributed by atoms with Gasteiger partial charge in [0.25, 0.3) is 0 Å². The van der Waals surface area contributed by atoms with Crippen molar-refractivity contribution in [2.75, 3.05) is 0 Å². The van der Waals surface area contributed by atoms with E-state index in [0.29, 0.717) is 0 Å². The molecule has 0 radical (unpaired) electrons. The summed E-state index contributed by atoms with van der Waals surface area (Å²) in [5, 5.41) is 0. The molecule has 1 aromatic heterocycles. The Hall–Kier alpha value is -1.06. The summed E-state index contributed by atoms with van der Waals surface area (Å²) in [7, 11) is 0. The van der Waals surface area contributed by atoms with Crippen LogP contribution in [0.1, 0.15) is 39.6 Å². The molecule has 0 bridgehead atoms. The standard InChI is InChI=1S/C15H18BrNO/c1-8-5-6-18-15(8)14(17)12-9(2)7-10(3)13(16)11(12)4/h5-7,14H,17H2,1-4H3. The van der Waals surface area contributed by atoms with Gasteiger partial charge in [0.15, 0.2) is 0 Å². The zero-order valence-corrected chi connectivity index (χ0v) is 12.8. The first-order valence-corrected chi connectivity index (χ1v) is 6.78. The first-order valence-electron chi connectivity index (χ1n) is 5.99. The fourth-order valence-electron chi connectivity index (χ4n) is 2.49. The Kier molecular flexibility index (Phi) is 3.64. The van der Waals surface area contributed by atoms with Crippen LogP contribution in [0.4, 0.5) is 0 Å². The predicted molar refractivity (Wildman–Crippen MR) is 77.8 cm³/mol. The predicted octanol–water partition coefficient (Wildman–Crippen LogP) is 4.32. The van der Waals surface area contributed by atoms with E-state index in [4.69, 9.17) is 10.2 Å². The summed E-state index contributed by atoms with van der Waals surface area (Å²) in [6.45, 7) is 8.31. The van der Waals surface area contributed by atoms with Crippen LogP contribution in [0.2, 0.25) is 0 Å². The molecule has 0 fully saturated rings. The van der Waals surface area contributed by atoms with Gasteiger partial charge in [-0.2, -0.15) is 0 Å². The molecule has 0 aliphatic heterocycles. The van der Waals surface area contributed by atoms with Gasteiger partial charge < -0.3 is 10.2 Å². The summed E-state index contributed by atoms with van der Waals surface area (Å²) in [5.74, 6) is 0.844. The number of aryl methyl sites for hydroxylation is 3. The van der Waals surface area contributed by atoms with E-state index >= 15 is 0 Å². The highest BCUT2D eigenvalue weighted by atomic mass is 79.9. The van der Waals surface area contributed by atoms with Crippen LogP contribution in [-0.4, -0.2) is 0 Å². The van der Waals surface area contributed by atoms with Gasteiger partial charge in [-0.3, -0.25) is 0 Å². The van der Waals surface area contributed by atoms with Crippen molar-refractivity contribution >= 4 is 15.9 Å². The van der Waals surface area contributed by atoms with Crippen molar-refractivity contribution in [1.29, 1.82) is 0 Å². The van der Waals surface area contributed by atoms with Crippen LogP contribution in [-0.2, 0) is 0 Å². The van der Waals surface area contributed by atoms with E-state index < -0.39 is 0 Å². The van der Waals surface area contributed by atoms with Crippen molar-refractivity contribution in [2.24, 2.45) is 5.73 Å². The minimum atomic E-state index is -0.211. The molecule has 3 heteroatoms. The highest BCUT2D eigenvalue weighted by Gasteiger charge is 2.20. The average molecular weight is 308 g/mol. The summed E-state index contributed by atoms with van der Waals surface area (Å²) >= 11 is 3.63. The van der Waals surface area contributed by atoms with E-state index in [-0.39, 0.29) is 6.04 Å². The first-order chi connectivity index (χ1) is 8.43. The number of halogens is 1. The molecule has 2 nitrogen and oxygen atoms in total. The van der Waals surface area contributed by atoms with Gasteiger partial charge in [0.05, 0.1) is 12.3 Å². The van der Waals surface area contributed by atoms with Gasteiger partial charge in [0.1, 0.15) is 5.76 Å². The Morgan fingerprint density at radius 2 is 1.78 bits per heavy atom. The Bertz CT molecular complexity index is 586. The number of rotatable bonds is 2. The normalized spacial score (nSPS) is 12.8. The molecule has 2 aromatic rings. The smallest absolute Gasteiger partial charge is 0.127 e. The van der Waals surface area contributed by atoms with Crippen LogP contribution in [0.5, 0.6) is 0 Å². The average Bonchev–Trinajstić information content (AvgIpc) is 2.72. The molecule has 2 N–H and O–H groups in total. The van der Waals surface area contributed by atoms with Gasteiger partial charge >= 0.3 is 0 Å². The van der Waals surface area contributed by atoms with Crippen molar-refractivity contribution in [3.63, 3.8) is 0 Å². The van der Waals surface area contributed by atoms with Crippen molar-refractivity contribution in [3.05, 3.63) is 56.4 Å². The molecular formula is C15H18BrNO. The van der Waals surface area contributed by atoms with Crippen LogP contribution in [0.25, 0.3) is 0 Å². The third-order valence-electron chi connectivity index (χ3n) is 3.43. The Morgan fingerprint density at radius 3 is 2.33 bits per heavy atom. The Morgan fingerprint density at radius 1 is 1.11 bits per heavy atom. The first kappa shape index (κ1) is 13.4. The van der Waals surface area contributed by atoms with Crippen LogP contribution in [0.3, 0.4) is 0 Å². The molecule has 0 spiro atoms. The summed E-state index contributed by atoms with van der Waals surface area (Å²) < 4.78 is 6.65. The van der Waals surface area contributed by atoms with Gasteiger partial charge in [0, 0.05) is 4.47 Å². The monoisotopic (exact) mass is 307 g/mol. The lowest BCUT2D eigenvalue weighted by atomic mass is 9.92. The molecule has 1 unspecified atom stereocenters. The molecule has 96 valence electrons. The number of furan rings is 1. The molecule has 1 atom stereocenters. The van der Waals surface area contributed by atoms with E-state index in [2.05, 4.69) is 42.8 Å². The van der Waals surface area contributed by atoms with E-state index in [1.165, 1.54) is 16.7 Å². The highest BCUT2D eigenvalue weighted by molar-refractivity contribution is 9.10. The minimum absolute atomic E-state index is 0.211. The largest absolute Gasteiger partial charge is 0.467 e. The molecule has 2 rings (SSSR count). The second kappa shape index (κ2) is 4.90. The summed E-state index contributed by atoms with van der Waals surface area (Å²) in [4.78, 5) is 0. The number of nitrogens with two attached hydrogens (primary N) is 1. The minimum Gasteiger partial charge on any atom is -0.467 e. The second-order valence-corrected chi connectivity index (χ2v) is 5.60. The fourth-order valence-corrected chi connectivity index (χ4v) is 2.82. The summed E-state index contributed by atoms with van der Waals surface area (Å²) in [5.41, 5.74) is 12.2. The van der Waals surface area contributed by atoms with Crippen LogP contribution < -0.4 is 5.73 Å². The van der Waals surface area contributed by atoms with E-state index in [0.717, 1.165) is 21.4 Å². The van der Waals surface area contributed by atoms with Gasteiger partial charge in [-0.05, 0) is 61.6 Å². The second-order valence-electron chi connectivity index (χ2n) is 4.81. The third-order valence-corrected chi connectivity index (χ3v) is 4.65. The van der Waals surface area contributed by atoms with Gasteiger partial charge in [0.2, 0.25) is 0 Å². The lowest BCUT2D eigenvalue weighted by Crippen LogP contribution is -2.15.